The minimum absolute atomic E-state index is 0.0231. The van der Waals surface area contributed by atoms with Gasteiger partial charge in [-0.2, -0.15) is 8.42 Å². The molecule has 0 aliphatic carbocycles. The maximum Gasteiger partial charge on any atom is 0.326 e. The topological polar surface area (TPSA) is 79.0 Å². The lowest BCUT2D eigenvalue weighted by molar-refractivity contribution is -0.134. The predicted octanol–water partition coefficient (Wildman–Crippen LogP) is 2.95. The zero-order chi connectivity index (χ0) is 21.4. The van der Waals surface area contributed by atoms with Crippen molar-refractivity contribution in [3.63, 3.8) is 0 Å². The second-order valence-corrected chi connectivity index (χ2v) is 9.32. The largest absolute Gasteiger partial charge is 0.478 e. The molecule has 0 saturated heterocycles. The molecule has 0 fully saturated rings. The molecule has 1 N–H and O–H groups in total. The molecule has 1 heterocycles. The zero-order valence-corrected chi connectivity index (χ0v) is 17.7. The van der Waals surface area contributed by atoms with Gasteiger partial charge in [0.15, 0.2) is 5.60 Å². The van der Waals surface area contributed by atoms with E-state index in [-0.39, 0.29) is 18.8 Å². The van der Waals surface area contributed by atoms with Crippen LogP contribution in [0.1, 0.15) is 13.8 Å². The Balaban J connectivity index is 1.65. The highest BCUT2D eigenvalue weighted by Crippen LogP contribution is 2.39. The lowest BCUT2D eigenvalue weighted by atomic mass is 10.1. The fourth-order valence-corrected chi connectivity index (χ4v) is 4.46. The summed E-state index contributed by atoms with van der Waals surface area (Å²) < 4.78 is 46.6. The number of benzene rings is 2. The summed E-state index contributed by atoms with van der Waals surface area (Å²) in [5.41, 5.74) is -0.582. The van der Waals surface area contributed by atoms with E-state index in [1.807, 2.05) is 0 Å². The molecule has 0 aromatic heterocycles. The number of anilines is 2. The van der Waals surface area contributed by atoms with Crippen LogP contribution in [0.3, 0.4) is 0 Å². The third kappa shape index (κ3) is 4.25. The molecule has 1 aliphatic rings. The Bertz CT molecular complexity index is 1030. The smallest absolute Gasteiger partial charge is 0.326 e. The van der Waals surface area contributed by atoms with Crippen LogP contribution in [0, 0.1) is 5.82 Å². The van der Waals surface area contributed by atoms with Crippen LogP contribution in [0.15, 0.2) is 42.5 Å². The molecule has 3 rings (SSSR count). The highest BCUT2D eigenvalue weighted by atomic mass is 35.5. The summed E-state index contributed by atoms with van der Waals surface area (Å²) in [7, 11) is -2.43. The second kappa shape index (κ2) is 7.72. The Hall–Kier alpha value is -2.52. The number of nitrogens with zero attached hydrogens (tertiary/aromatic N) is 2. The van der Waals surface area contributed by atoms with Crippen LogP contribution in [0.5, 0.6) is 5.75 Å². The number of amides is 1. The molecule has 156 valence electrons. The van der Waals surface area contributed by atoms with E-state index >= 15 is 0 Å². The van der Waals surface area contributed by atoms with Crippen molar-refractivity contribution in [3.05, 3.63) is 53.3 Å². The molecule has 2 aromatic rings. The number of nitrogens with one attached hydrogen (secondary N) is 1. The lowest BCUT2D eigenvalue weighted by Gasteiger charge is -2.26. The average molecular weight is 442 g/mol. The standard InChI is InChI=1S/C19H21ClFN3O4S/c1-19(2,28-15-7-4-13(20)5-8-15)18(25)22-10-11-24-17-12-14(21)6-9-16(17)23(3)29(24,26)27/h4-9,12H,10-11H2,1-3H3,(H,22,25). The Morgan fingerprint density at radius 1 is 1.17 bits per heavy atom. The number of halogens is 2. The molecule has 1 amide bonds. The molecule has 0 saturated carbocycles. The van der Waals surface area contributed by atoms with Gasteiger partial charge in [0.2, 0.25) is 0 Å². The molecule has 1 aliphatic heterocycles. The average Bonchev–Trinajstić information content (AvgIpc) is 2.83. The van der Waals surface area contributed by atoms with Gasteiger partial charge in [-0.3, -0.25) is 9.10 Å². The SMILES string of the molecule is CN1c2ccc(F)cc2N(CCNC(=O)C(C)(C)Oc2ccc(Cl)cc2)S1(=O)=O. The van der Waals surface area contributed by atoms with Gasteiger partial charge in [0.1, 0.15) is 11.6 Å². The summed E-state index contributed by atoms with van der Waals surface area (Å²) in [5, 5.41) is 3.22. The fraction of sp³-hybridized carbons (Fsp3) is 0.316. The van der Waals surface area contributed by atoms with Crippen LogP contribution in [0.2, 0.25) is 5.02 Å². The minimum atomic E-state index is -3.82. The Labute approximate surface area is 174 Å². The molecular formula is C19H21ClFN3O4S. The third-order valence-corrected chi connectivity index (χ3v) is 6.58. The summed E-state index contributed by atoms with van der Waals surface area (Å²) in [6.07, 6.45) is 0. The normalized spacial score (nSPS) is 15.2. The van der Waals surface area contributed by atoms with Crippen LogP contribution in [-0.4, -0.2) is 40.1 Å². The Morgan fingerprint density at radius 2 is 1.83 bits per heavy atom. The molecule has 29 heavy (non-hydrogen) atoms. The summed E-state index contributed by atoms with van der Waals surface area (Å²) >= 11 is 5.84. The first-order valence-electron chi connectivity index (χ1n) is 8.81. The molecule has 10 heteroatoms. The molecule has 0 spiro atoms. The first-order valence-corrected chi connectivity index (χ1v) is 10.6. The molecule has 0 atom stereocenters. The van der Waals surface area contributed by atoms with E-state index in [0.717, 1.165) is 14.7 Å². The van der Waals surface area contributed by atoms with E-state index in [2.05, 4.69) is 5.32 Å². The summed E-state index contributed by atoms with van der Waals surface area (Å²) in [5.74, 6) is -0.486. The van der Waals surface area contributed by atoms with Gasteiger partial charge >= 0.3 is 10.2 Å². The maximum absolute atomic E-state index is 13.6. The third-order valence-electron chi connectivity index (χ3n) is 4.50. The quantitative estimate of drug-likeness (QED) is 0.747. The van der Waals surface area contributed by atoms with Gasteiger partial charge in [-0.1, -0.05) is 11.6 Å². The Kier molecular flexibility index (Phi) is 5.64. The van der Waals surface area contributed by atoms with E-state index < -0.39 is 27.5 Å². The Morgan fingerprint density at radius 3 is 2.48 bits per heavy atom. The number of hydrogen-bond acceptors (Lipinski definition) is 4. The fourth-order valence-electron chi connectivity index (χ4n) is 2.92. The van der Waals surface area contributed by atoms with Gasteiger partial charge in [-0.25, -0.2) is 8.70 Å². The van der Waals surface area contributed by atoms with E-state index in [4.69, 9.17) is 16.3 Å². The van der Waals surface area contributed by atoms with Gasteiger partial charge in [0.05, 0.1) is 17.9 Å². The van der Waals surface area contributed by atoms with Crippen LogP contribution in [0.25, 0.3) is 0 Å². The zero-order valence-electron chi connectivity index (χ0n) is 16.1. The highest BCUT2D eigenvalue weighted by Gasteiger charge is 2.38. The first-order chi connectivity index (χ1) is 13.5. The van der Waals surface area contributed by atoms with E-state index in [1.54, 1.807) is 38.1 Å². The van der Waals surface area contributed by atoms with Crippen LogP contribution in [0.4, 0.5) is 15.8 Å². The number of ether oxygens (including phenoxy) is 1. The van der Waals surface area contributed by atoms with Crippen molar-refractivity contribution < 1.29 is 22.3 Å². The van der Waals surface area contributed by atoms with Gasteiger partial charge < -0.3 is 10.1 Å². The number of rotatable bonds is 6. The van der Waals surface area contributed by atoms with Crippen molar-refractivity contribution in [2.24, 2.45) is 0 Å². The van der Waals surface area contributed by atoms with Crippen molar-refractivity contribution in [1.82, 2.24) is 5.32 Å². The van der Waals surface area contributed by atoms with Crippen molar-refractivity contribution in [2.45, 2.75) is 19.4 Å². The molecule has 7 nitrogen and oxygen atoms in total. The van der Waals surface area contributed by atoms with E-state index in [0.29, 0.717) is 16.5 Å². The van der Waals surface area contributed by atoms with Crippen LogP contribution in [-0.2, 0) is 15.0 Å². The number of carbonyl (C=O) groups is 1. The summed E-state index contributed by atoms with van der Waals surface area (Å²) in [6, 6.07) is 10.4. The lowest BCUT2D eigenvalue weighted by Crippen LogP contribution is -2.49. The van der Waals surface area contributed by atoms with Crippen LogP contribution < -0.4 is 18.7 Å². The molecule has 0 bridgehead atoms. The molecule has 2 aromatic carbocycles. The summed E-state index contributed by atoms with van der Waals surface area (Å²) in [6.45, 7) is 3.17. The number of hydrogen-bond donors (Lipinski definition) is 1. The second-order valence-electron chi connectivity index (χ2n) is 7.00. The maximum atomic E-state index is 13.6. The summed E-state index contributed by atoms with van der Waals surface area (Å²) in [4.78, 5) is 12.5. The minimum Gasteiger partial charge on any atom is -0.478 e. The van der Waals surface area contributed by atoms with Crippen molar-refractivity contribution in [1.29, 1.82) is 0 Å². The van der Waals surface area contributed by atoms with Crippen molar-refractivity contribution >= 4 is 39.1 Å². The van der Waals surface area contributed by atoms with Crippen molar-refractivity contribution in [2.75, 3.05) is 28.7 Å². The predicted molar refractivity (Wildman–Crippen MR) is 110 cm³/mol. The van der Waals surface area contributed by atoms with Gasteiger partial charge in [-0.05, 0) is 50.2 Å². The van der Waals surface area contributed by atoms with Gasteiger partial charge in [-0.15, -0.1) is 0 Å². The number of fused-ring (bicyclic) bond motifs is 1. The molecule has 0 radical (unpaired) electrons. The van der Waals surface area contributed by atoms with Gasteiger partial charge in [0.25, 0.3) is 5.91 Å². The van der Waals surface area contributed by atoms with Crippen LogP contribution >= 0.6 is 11.6 Å². The number of carbonyl (C=O) groups excluding carboxylic acids is 1. The van der Waals surface area contributed by atoms with Gasteiger partial charge in [0, 0.05) is 24.7 Å². The molecule has 0 unspecified atom stereocenters. The monoisotopic (exact) mass is 441 g/mol. The molecular weight excluding hydrogens is 421 g/mol. The van der Waals surface area contributed by atoms with Crippen molar-refractivity contribution in [3.8, 4) is 5.75 Å². The van der Waals surface area contributed by atoms with E-state index in [9.17, 15) is 17.6 Å². The first kappa shape index (κ1) is 21.2. The highest BCUT2D eigenvalue weighted by molar-refractivity contribution is 7.94. The van der Waals surface area contributed by atoms with E-state index in [1.165, 1.54) is 19.2 Å².